The number of likely N-dealkylation sites (tertiary alicyclic amines) is 1. The quantitative estimate of drug-likeness (QED) is 0.846. The second kappa shape index (κ2) is 6.77. The molecule has 0 saturated carbocycles. The summed E-state index contributed by atoms with van der Waals surface area (Å²) in [6.07, 6.45) is 1.79. The lowest BCUT2D eigenvalue weighted by molar-refractivity contribution is 0.238. The minimum Gasteiger partial charge on any atom is -0.338 e. The highest BCUT2D eigenvalue weighted by molar-refractivity contribution is 6.31. The molecule has 3 rings (SSSR count). The number of hydrogen-bond acceptors (Lipinski definition) is 5. The third kappa shape index (κ3) is 3.66. The zero-order valence-corrected chi connectivity index (χ0v) is 13.8. The summed E-state index contributed by atoms with van der Waals surface area (Å²) in [6.45, 7) is 2.85. The number of benzene rings is 1. The first-order valence-electron chi connectivity index (χ1n) is 7.55. The van der Waals surface area contributed by atoms with Crippen molar-refractivity contribution in [1.29, 1.82) is 0 Å². The third-order valence-electron chi connectivity index (χ3n) is 4.15. The molecular formula is C16H21ClN4O. The van der Waals surface area contributed by atoms with Crippen LogP contribution in [0.25, 0.3) is 0 Å². The predicted molar refractivity (Wildman–Crippen MR) is 85.9 cm³/mol. The summed E-state index contributed by atoms with van der Waals surface area (Å²) < 4.78 is 5.37. The largest absolute Gasteiger partial charge is 0.338 e. The van der Waals surface area contributed by atoms with Gasteiger partial charge < -0.3 is 9.42 Å². The van der Waals surface area contributed by atoms with E-state index >= 15 is 0 Å². The Bertz CT molecular complexity index is 628. The molecule has 0 spiro atoms. The molecule has 1 aliphatic heterocycles. The third-order valence-corrected chi connectivity index (χ3v) is 4.52. The van der Waals surface area contributed by atoms with Crippen molar-refractivity contribution in [3.8, 4) is 0 Å². The van der Waals surface area contributed by atoms with E-state index in [1.807, 2.05) is 24.3 Å². The molecule has 6 heteroatoms. The number of likely N-dealkylation sites (N-methyl/N-ethyl adjacent to an activating group) is 1. The van der Waals surface area contributed by atoms with Crippen molar-refractivity contribution >= 4 is 11.6 Å². The first kappa shape index (κ1) is 15.5. The number of halogens is 1. The van der Waals surface area contributed by atoms with Gasteiger partial charge in [-0.15, -0.1) is 0 Å². The SMILES string of the molecule is CN(C)[C@H]1CCN(Cc2nc(Cc3ccccc3Cl)no2)C1. The van der Waals surface area contributed by atoms with Gasteiger partial charge >= 0.3 is 0 Å². The molecule has 1 fully saturated rings. The molecule has 22 heavy (non-hydrogen) atoms. The molecule has 0 N–H and O–H groups in total. The second-order valence-corrected chi connectivity index (χ2v) is 6.42. The maximum atomic E-state index is 6.17. The van der Waals surface area contributed by atoms with Gasteiger partial charge in [-0.25, -0.2) is 0 Å². The van der Waals surface area contributed by atoms with Gasteiger partial charge in [0.15, 0.2) is 5.82 Å². The number of rotatable bonds is 5. The smallest absolute Gasteiger partial charge is 0.240 e. The Morgan fingerprint density at radius 2 is 2.18 bits per heavy atom. The van der Waals surface area contributed by atoms with Crippen molar-refractivity contribution in [2.75, 3.05) is 27.2 Å². The van der Waals surface area contributed by atoms with Crippen molar-refractivity contribution in [2.45, 2.75) is 25.4 Å². The Hall–Kier alpha value is -1.43. The minimum atomic E-state index is 0.601. The Morgan fingerprint density at radius 3 is 2.91 bits per heavy atom. The highest BCUT2D eigenvalue weighted by Gasteiger charge is 2.25. The van der Waals surface area contributed by atoms with Gasteiger partial charge in [-0.1, -0.05) is 35.0 Å². The van der Waals surface area contributed by atoms with Crippen LogP contribution in [0.1, 0.15) is 23.7 Å². The molecule has 118 valence electrons. The predicted octanol–water partition coefficient (Wildman–Crippen LogP) is 2.45. The van der Waals surface area contributed by atoms with E-state index in [0.717, 1.165) is 30.2 Å². The Balaban J connectivity index is 1.59. The van der Waals surface area contributed by atoms with Gasteiger partial charge in [0.1, 0.15) is 0 Å². The van der Waals surface area contributed by atoms with E-state index in [9.17, 15) is 0 Å². The van der Waals surface area contributed by atoms with E-state index in [2.05, 4.69) is 34.0 Å². The summed E-state index contributed by atoms with van der Waals surface area (Å²) >= 11 is 6.17. The van der Waals surface area contributed by atoms with Crippen molar-refractivity contribution in [1.82, 2.24) is 19.9 Å². The summed E-state index contributed by atoms with van der Waals surface area (Å²) in [6, 6.07) is 8.37. The molecule has 1 aromatic heterocycles. The van der Waals surface area contributed by atoms with Crippen LogP contribution in [-0.4, -0.2) is 53.2 Å². The number of aromatic nitrogens is 2. The lowest BCUT2D eigenvalue weighted by Crippen LogP contribution is -2.31. The van der Waals surface area contributed by atoms with Crippen LogP contribution >= 0.6 is 11.6 Å². The molecule has 1 aliphatic rings. The lowest BCUT2D eigenvalue weighted by atomic mass is 10.1. The average molecular weight is 321 g/mol. The zero-order chi connectivity index (χ0) is 15.5. The van der Waals surface area contributed by atoms with E-state index in [0.29, 0.717) is 24.2 Å². The Labute approximate surface area is 135 Å². The van der Waals surface area contributed by atoms with Crippen molar-refractivity contribution in [3.63, 3.8) is 0 Å². The first-order valence-corrected chi connectivity index (χ1v) is 7.93. The molecule has 2 heterocycles. The molecule has 0 radical (unpaired) electrons. The molecule has 0 amide bonds. The highest BCUT2D eigenvalue weighted by atomic mass is 35.5. The fraction of sp³-hybridized carbons (Fsp3) is 0.500. The van der Waals surface area contributed by atoms with Crippen LogP contribution in [-0.2, 0) is 13.0 Å². The molecule has 0 unspecified atom stereocenters. The standard InChI is InChI=1S/C16H21ClN4O/c1-20(2)13-7-8-21(10-13)11-16-18-15(19-22-16)9-12-5-3-4-6-14(12)17/h3-6,13H,7-11H2,1-2H3/t13-/m0/s1. The summed E-state index contributed by atoms with van der Waals surface area (Å²) in [4.78, 5) is 9.12. The zero-order valence-electron chi connectivity index (χ0n) is 13.0. The van der Waals surface area contributed by atoms with Crippen molar-refractivity contribution < 1.29 is 4.52 Å². The fourth-order valence-corrected chi connectivity index (χ4v) is 3.01. The first-order chi connectivity index (χ1) is 10.6. The number of nitrogens with zero attached hydrogens (tertiary/aromatic N) is 4. The Morgan fingerprint density at radius 1 is 1.36 bits per heavy atom. The summed E-state index contributed by atoms with van der Waals surface area (Å²) in [7, 11) is 4.26. The van der Waals surface area contributed by atoms with Gasteiger partial charge in [0.05, 0.1) is 6.54 Å². The van der Waals surface area contributed by atoms with Gasteiger partial charge in [0.2, 0.25) is 5.89 Å². The molecule has 1 aromatic carbocycles. The van der Waals surface area contributed by atoms with E-state index in [4.69, 9.17) is 16.1 Å². The van der Waals surface area contributed by atoms with Gasteiger partial charge in [0.25, 0.3) is 0 Å². The van der Waals surface area contributed by atoms with Crippen LogP contribution in [0.3, 0.4) is 0 Å². The maximum absolute atomic E-state index is 6.17. The van der Waals surface area contributed by atoms with Gasteiger partial charge in [-0.05, 0) is 32.1 Å². The normalized spacial score (nSPS) is 19.2. The molecule has 1 saturated heterocycles. The van der Waals surface area contributed by atoms with Gasteiger partial charge in [0, 0.05) is 30.6 Å². The van der Waals surface area contributed by atoms with Crippen LogP contribution in [0, 0.1) is 0 Å². The molecule has 0 aliphatic carbocycles. The Kier molecular flexibility index (Phi) is 4.76. The summed E-state index contributed by atoms with van der Waals surface area (Å²) in [5.74, 6) is 1.37. The molecule has 5 nitrogen and oxygen atoms in total. The molecule has 0 bridgehead atoms. The van der Waals surface area contributed by atoms with Crippen LogP contribution < -0.4 is 0 Å². The lowest BCUT2D eigenvalue weighted by Gasteiger charge is -2.19. The minimum absolute atomic E-state index is 0.601. The van der Waals surface area contributed by atoms with Gasteiger partial charge in [-0.2, -0.15) is 4.98 Å². The topological polar surface area (TPSA) is 45.4 Å². The van der Waals surface area contributed by atoms with Crippen LogP contribution in [0.5, 0.6) is 0 Å². The van der Waals surface area contributed by atoms with Crippen LogP contribution in [0.15, 0.2) is 28.8 Å². The molecule has 1 atom stereocenters. The average Bonchev–Trinajstić information content (AvgIpc) is 3.12. The molecular weight excluding hydrogens is 300 g/mol. The summed E-state index contributed by atoms with van der Waals surface area (Å²) in [5.41, 5.74) is 1.02. The van der Waals surface area contributed by atoms with E-state index in [-0.39, 0.29) is 0 Å². The molecule has 2 aromatic rings. The summed E-state index contributed by atoms with van der Waals surface area (Å²) in [5, 5.41) is 4.81. The maximum Gasteiger partial charge on any atom is 0.240 e. The van der Waals surface area contributed by atoms with E-state index < -0.39 is 0 Å². The number of hydrogen-bond donors (Lipinski definition) is 0. The van der Waals surface area contributed by atoms with Crippen molar-refractivity contribution in [2.24, 2.45) is 0 Å². The van der Waals surface area contributed by atoms with Gasteiger partial charge in [-0.3, -0.25) is 4.90 Å². The van der Waals surface area contributed by atoms with Crippen LogP contribution in [0.2, 0.25) is 5.02 Å². The fourth-order valence-electron chi connectivity index (χ4n) is 2.81. The monoisotopic (exact) mass is 320 g/mol. The van der Waals surface area contributed by atoms with E-state index in [1.165, 1.54) is 6.42 Å². The second-order valence-electron chi connectivity index (χ2n) is 6.01. The van der Waals surface area contributed by atoms with Crippen LogP contribution in [0.4, 0.5) is 0 Å². The van der Waals surface area contributed by atoms with Crippen molar-refractivity contribution in [3.05, 3.63) is 46.6 Å². The van der Waals surface area contributed by atoms with E-state index in [1.54, 1.807) is 0 Å². The highest BCUT2D eigenvalue weighted by Crippen LogP contribution is 2.19.